The summed E-state index contributed by atoms with van der Waals surface area (Å²) in [6.45, 7) is 8.92. The number of benzene rings is 2. The molecule has 0 amide bonds. The first kappa shape index (κ1) is 23.7. The number of ether oxygens (including phenoxy) is 5. The number of methoxy groups -OCH3 is 2. The standard InChI is InChI=1S/C27H32N2O6/c1-18-26-20(16-29(17-34-26)8-4-7-28-9-11-33-12-10-28)15-21-25(30)24(35-27(18)21)14-19-5-6-22(31-2)23(13-19)32-3/h5-6,13-15H,4,7-12,16-17H2,1-3H3/b24-14+. The van der Waals surface area contributed by atoms with E-state index in [1.807, 2.05) is 31.2 Å². The Bertz CT molecular complexity index is 1140. The summed E-state index contributed by atoms with van der Waals surface area (Å²) >= 11 is 0. The van der Waals surface area contributed by atoms with Crippen LogP contribution < -0.4 is 18.9 Å². The molecule has 8 nitrogen and oxygen atoms in total. The zero-order valence-electron chi connectivity index (χ0n) is 20.6. The van der Waals surface area contributed by atoms with Crippen molar-refractivity contribution in [3.8, 4) is 23.0 Å². The van der Waals surface area contributed by atoms with Crippen LogP contribution in [0, 0.1) is 6.92 Å². The van der Waals surface area contributed by atoms with Crippen LogP contribution >= 0.6 is 0 Å². The minimum absolute atomic E-state index is 0.120. The van der Waals surface area contributed by atoms with Gasteiger partial charge >= 0.3 is 0 Å². The fraction of sp³-hybridized carbons (Fsp3) is 0.444. The van der Waals surface area contributed by atoms with Gasteiger partial charge in [0.1, 0.15) is 18.2 Å². The fourth-order valence-corrected chi connectivity index (χ4v) is 4.88. The summed E-state index contributed by atoms with van der Waals surface area (Å²) in [5, 5.41) is 0. The van der Waals surface area contributed by atoms with Crippen LogP contribution in [0.2, 0.25) is 0 Å². The molecular weight excluding hydrogens is 448 g/mol. The average Bonchev–Trinajstić information content (AvgIpc) is 3.19. The second kappa shape index (κ2) is 10.3. The molecule has 0 bridgehead atoms. The predicted octanol–water partition coefficient (Wildman–Crippen LogP) is 3.50. The molecule has 0 aromatic heterocycles. The second-order valence-corrected chi connectivity index (χ2v) is 9.05. The highest BCUT2D eigenvalue weighted by molar-refractivity contribution is 6.15. The number of rotatable bonds is 7. The van der Waals surface area contributed by atoms with Gasteiger partial charge in [0, 0.05) is 37.3 Å². The van der Waals surface area contributed by atoms with Crippen molar-refractivity contribution in [3.63, 3.8) is 0 Å². The molecule has 8 heteroatoms. The monoisotopic (exact) mass is 480 g/mol. The summed E-state index contributed by atoms with van der Waals surface area (Å²) in [6.07, 6.45) is 2.81. The molecule has 3 heterocycles. The van der Waals surface area contributed by atoms with E-state index in [2.05, 4.69) is 9.80 Å². The van der Waals surface area contributed by atoms with Gasteiger partial charge in [-0.2, -0.15) is 0 Å². The van der Waals surface area contributed by atoms with E-state index in [1.54, 1.807) is 20.3 Å². The highest BCUT2D eigenvalue weighted by Crippen LogP contribution is 2.43. The van der Waals surface area contributed by atoms with Crippen LogP contribution in [0.5, 0.6) is 23.0 Å². The van der Waals surface area contributed by atoms with Gasteiger partial charge in [-0.3, -0.25) is 14.6 Å². The lowest BCUT2D eigenvalue weighted by Crippen LogP contribution is -2.39. The van der Waals surface area contributed by atoms with E-state index in [0.717, 1.165) is 74.8 Å². The normalized spacial score (nSPS) is 19.2. The van der Waals surface area contributed by atoms with Crippen molar-refractivity contribution >= 4 is 11.9 Å². The molecule has 5 rings (SSSR count). The van der Waals surface area contributed by atoms with Gasteiger partial charge in [-0.25, -0.2) is 0 Å². The number of hydrogen-bond acceptors (Lipinski definition) is 8. The van der Waals surface area contributed by atoms with E-state index < -0.39 is 0 Å². The van der Waals surface area contributed by atoms with E-state index >= 15 is 0 Å². The van der Waals surface area contributed by atoms with Gasteiger partial charge in [-0.1, -0.05) is 6.07 Å². The third-order valence-electron chi connectivity index (χ3n) is 6.76. The van der Waals surface area contributed by atoms with Gasteiger partial charge in [0.15, 0.2) is 17.3 Å². The Morgan fingerprint density at radius 1 is 1.00 bits per heavy atom. The quantitative estimate of drug-likeness (QED) is 0.558. The summed E-state index contributed by atoms with van der Waals surface area (Å²) in [5.74, 6) is 2.81. The van der Waals surface area contributed by atoms with Crippen molar-refractivity contribution in [2.24, 2.45) is 0 Å². The molecule has 3 aliphatic rings. The Morgan fingerprint density at radius 3 is 2.54 bits per heavy atom. The molecule has 2 aromatic rings. The third kappa shape index (κ3) is 4.87. The maximum absolute atomic E-state index is 13.2. The number of fused-ring (bicyclic) bond motifs is 2. The molecule has 0 N–H and O–H groups in total. The summed E-state index contributed by atoms with van der Waals surface area (Å²) in [4.78, 5) is 18.0. The molecule has 0 unspecified atom stereocenters. The highest BCUT2D eigenvalue weighted by Gasteiger charge is 2.33. The van der Waals surface area contributed by atoms with Crippen LogP contribution in [0.1, 0.15) is 33.5 Å². The molecule has 1 fully saturated rings. The van der Waals surface area contributed by atoms with E-state index in [9.17, 15) is 4.79 Å². The zero-order chi connectivity index (χ0) is 24.4. The number of Topliss-reactive ketones (excluding diaryl/α,β-unsaturated/α-hetero) is 1. The number of ketones is 1. The Morgan fingerprint density at radius 2 is 1.77 bits per heavy atom. The minimum atomic E-state index is -0.120. The molecule has 0 aliphatic carbocycles. The first-order valence-electron chi connectivity index (χ1n) is 12.1. The number of morpholine rings is 1. The molecule has 0 atom stereocenters. The van der Waals surface area contributed by atoms with Crippen LogP contribution in [-0.2, 0) is 11.3 Å². The SMILES string of the molecule is COc1ccc(/C=C2/Oc3c(cc4c(c3C)OCN(CCCN3CCOCC3)C4)C2=O)cc1OC. The number of carbonyl (C=O) groups excluding carboxylic acids is 1. The van der Waals surface area contributed by atoms with E-state index in [0.29, 0.717) is 35.3 Å². The largest absolute Gasteiger partial charge is 0.493 e. The average molecular weight is 481 g/mol. The Labute approximate surface area is 206 Å². The van der Waals surface area contributed by atoms with Gasteiger partial charge < -0.3 is 23.7 Å². The van der Waals surface area contributed by atoms with Crippen LogP contribution in [-0.4, -0.2) is 75.9 Å². The van der Waals surface area contributed by atoms with Crippen molar-refractivity contribution in [2.75, 3.05) is 60.3 Å². The van der Waals surface area contributed by atoms with Crippen LogP contribution in [0.3, 0.4) is 0 Å². The van der Waals surface area contributed by atoms with E-state index in [4.69, 9.17) is 23.7 Å². The van der Waals surface area contributed by atoms with Gasteiger partial charge in [0.25, 0.3) is 0 Å². The van der Waals surface area contributed by atoms with Gasteiger partial charge in [-0.15, -0.1) is 0 Å². The molecule has 0 radical (unpaired) electrons. The molecule has 0 spiro atoms. The van der Waals surface area contributed by atoms with Gasteiger partial charge in [-0.05, 0) is 49.7 Å². The second-order valence-electron chi connectivity index (χ2n) is 9.05. The Kier molecular flexibility index (Phi) is 6.95. The topological polar surface area (TPSA) is 69.7 Å². The van der Waals surface area contributed by atoms with Crippen molar-refractivity contribution in [1.29, 1.82) is 0 Å². The highest BCUT2D eigenvalue weighted by atomic mass is 16.5. The van der Waals surface area contributed by atoms with Crippen molar-refractivity contribution < 1.29 is 28.5 Å². The van der Waals surface area contributed by atoms with E-state index in [-0.39, 0.29) is 5.78 Å². The van der Waals surface area contributed by atoms with E-state index in [1.165, 1.54) is 0 Å². The maximum atomic E-state index is 13.2. The van der Waals surface area contributed by atoms with Crippen molar-refractivity contribution in [2.45, 2.75) is 19.9 Å². The minimum Gasteiger partial charge on any atom is -0.493 e. The molecule has 186 valence electrons. The third-order valence-corrected chi connectivity index (χ3v) is 6.76. The number of hydrogen-bond donors (Lipinski definition) is 0. The molecule has 3 aliphatic heterocycles. The summed E-state index contributed by atoms with van der Waals surface area (Å²) in [6, 6.07) is 7.43. The van der Waals surface area contributed by atoms with Crippen LogP contribution in [0.15, 0.2) is 30.0 Å². The molecule has 1 saturated heterocycles. The first-order valence-corrected chi connectivity index (χ1v) is 12.1. The summed E-state index contributed by atoms with van der Waals surface area (Å²) < 4.78 is 28.3. The smallest absolute Gasteiger partial charge is 0.231 e. The van der Waals surface area contributed by atoms with Crippen molar-refractivity contribution in [3.05, 3.63) is 52.3 Å². The zero-order valence-corrected chi connectivity index (χ0v) is 20.6. The van der Waals surface area contributed by atoms with Gasteiger partial charge in [0.05, 0.1) is 33.0 Å². The lowest BCUT2D eigenvalue weighted by atomic mass is 10.00. The van der Waals surface area contributed by atoms with Crippen molar-refractivity contribution in [1.82, 2.24) is 9.80 Å². The summed E-state index contributed by atoms with van der Waals surface area (Å²) in [5.41, 5.74) is 3.29. The number of nitrogens with zero attached hydrogens (tertiary/aromatic N) is 2. The molecule has 2 aromatic carbocycles. The molecule has 0 saturated carbocycles. The lowest BCUT2D eigenvalue weighted by molar-refractivity contribution is 0.0329. The lowest BCUT2D eigenvalue weighted by Gasteiger charge is -2.31. The molecular formula is C27H32N2O6. The molecule has 35 heavy (non-hydrogen) atoms. The summed E-state index contributed by atoms with van der Waals surface area (Å²) in [7, 11) is 3.18. The number of carbonyl (C=O) groups is 1. The van der Waals surface area contributed by atoms with Crippen LogP contribution in [0.25, 0.3) is 6.08 Å². The Hall–Kier alpha value is -3.07. The number of allylic oxidation sites excluding steroid dienone is 1. The van der Waals surface area contributed by atoms with Crippen LogP contribution in [0.4, 0.5) is 0 Å². The van der Waals surface area contributed by atoms with Gasteiger partial charge in [0.2, 0.25) is 5.78 Å². The Balaban J connectivity index is 1.30. The predicted molar refractivity (Wildman–Crippen MR) is 131 cm³/mol. The fourth-order valence-electron chi connectivity index (χ4n) is 4.88. The maximum Gasteiger partial charge on any atom is 0.231 e. The first-order chi connectivity index (χ1) is 17.1.